The maximum Gasteiger partial charge on any atom is 0.253 e. The third kappa shape index (κ3) is 4.90. The number of nitrogens with one attached hydrogen (secondary N) is 1. The third-order valence-corrected chi connectivity index (χ3v) is 5.62. The monoisotopic (exact) mass is 479 g/mol. The predicted octanol–water partition coefficient (Wildman–Crippen LogP) is 4.03. The van der Waals surface area contributed by atoms with Gasteiger partial charge in [-0.3, -0.25) is 19.3 Å². The van der Waals surface area contributed by atoms with Crippen molar-refractivity contribution in [1.29, 1.82) is 0 Å². The summed E-state index contributed by atoms with van der Waals surface area (Å²) in [5.74, 6) is 1.97. The number of carbonyl (C=O) groups excluding carboxylic acids is 1. The molecule has 1 N–H and O–H groups in total. The van der Waals surface area contributed by atoms with Crippen molar-refractivity contribution in [2.75, 3.05) is 13.2 Å². The van der Waals surface area contributed by atoms with Crippen molar-refractivity contribution in [2.45, 2.75) is 19.8 Å². The lowest BCUT2D eigenvalue weighted by molar-refractivity contribution is 0.0954. The molecule has 0 atom stereocenters. The van der Waals surface area contributed by atoms with Crippen LogP contribution in [0.15, 0.2) is 79.3 Å². The van der Waals surface area contributed by atoms with E-state index in [1.165, 1.54) is 0 Å². The molecule has 0 aliphatic carbocycles. The van der Waals surface area contributed by atoms with E-state index in [2.05, 4.69) is 30.5 Å². The van der Waals surface area contributed by atoms with Crippen LogP contribution in [0.5, 0.6) is 5.75 Å². The lowest BCUT2D eigenvalue weighted by Gasteiger charge is -2.11. The minimum absolute atomic E-state index is 0.176. The lowest BCUT2D eigenvalue weighted by Crippen LogP contribution is -2.25. The molecule has 0 aliphatic rings. The highest BCUT2D eigenvalue weighted by atomic mass is 16.5. The molecule has 1 aromatic carbocycles. The summed E-state index contributed by atoms with van der Waals surface area (Å²) >= 11 is 0. The van der Waals surface area contributed by atoms with Crippen molar-refractivity contribution in [3.8, 4) is 23.0 Å². The van der Waals surface area contributed by atoms with Gasteiger partial charge in [-0.2, -0.15) is 0 Å². The summed E-state index contributed by atoms with van der Waals surface area (Å²) in [4.78, 5) is 25.9. The molecule has 5 rings (SSSR count). The minimum Gasteiger partial charge on any atom is -0.492 e. The van der Waals surface area contributed by atoms with Gasteiger partial charge in [-0.25, -0.2) is 4.98 Å². The van der Waals surface area contributed by atoms with Crippen LogP contribution in [0.1, 0.15) is 29.5 Å². The van der Waals surface area contributed by atoms with Crippen LogP contribution in [0.2, 0.25) is 0 Å². The SMILES string of the molecule is CCOc1ccc(-c2nnc(CCCNC(=O)c3ccnc4cccnc34)n2-c2ccccc2)nc1. The first-order valence-corrected chi connectivity index (χ1v) is 11.8. The summed E-state index contributed by atoms with van der Waals surface area (Å²) in [6, 6.07) is 19.0. The molecule has 0 saturated carbocycles. The molecule has 0 saturated heterocycles. The fourth-order valence-electron chi connectivity index (χ4n) is 3.96. The van der Waals surface area contributed by atoms with Crippen molar-refractivity contribution in [1.82, 2.24) is 35.0 Å². The molecule has 4 aromatic heterocycles. The Labute approximate surface area is 208 Å². The van der Waals surface area contributed by atoms with Gasteiger partial charge in [0.05, 0.1) is 23.9 Å². The summed E-state index contributed by atoms with van der Waals surface area (Å²) < 4.78 is 7.51. The van der Waals surface area contributed by atoms with E-state index < -0.39 is 0 Å². The Balaban J connectivity index is 1.31. The number of hydrogen-bond acceptors (Lipinski definition) is 7. The number of ether oxygens (including phenoxy) is 1. The quantitative estimate of drug-likeness (QED) is 0.318. The molecule has 0 unspecified atom stereocenters. The molecule has 0 fully saturated rings. The zero-order valence-corrected chi connectivity index (χ0v) is 19.8. The molecule has 0 bridgehead atoms. The molecule has 36 heavy (non-hydrogen) atoms. The average molecular weight is 480 g/mol. The second-order valence-electron chi connectivity index (χ2n) is 8.01. The first kappa shape index (κ1) is 23.1. The molecular weight excluding hydrogens is 454 g/mol. The van der Waals surface area contributed by atoms with Gasteiger partial charge >= 0.3 is 0 Å². The van der Waals surface area contributed by atoms with Crippen LogP contribution in [0.25, 0.3) is 28.2 Å². The number of benzene rings is 1. The highest BCUT2D eigenvalue weighted by molar-refractivity contribution is 6.04. The maximum absolute atomic E-state index is 12.8. The molecule has 0 radical (unpaired) electrons. The number of rotatable bonds is 9. The number of aromatic nitrogens is 6. The van der Waals surface area contributed by atoms with Crippen molar-refractivity contribution < 1.29 is 9.53 Å². The Morgan fingerprint density at radius 2 is 1.83 bits per heavy atom. The van der Waals surface area contributed by atoms with Gasteiger partial charge in [0, 0.05) is 31.0 Å². The molecule has 0 aliphatic heterocycles. The normalized spacial score (nSPS) is 10.9. The van der Waals surface area contributed by atoms with E-state index in [9.17, 15) is 4.79 Å². The number of fused-ring (bicyclic) bond motifs is 1. The fourth-order valence-corrected chi connectivity index (χ4v) is 3.96. The fraction of sp³-hybridized carbons (Fsp3) is 0.185. The highest BCUT2D eigenvalue weighted by Crippen LogP contribution is 2.23. The van der Waals surface area contributed by atoms with Gasteiger partial charge in [0.2, 0.25) is 0 Å². The van der Waals surface area contributed by atoms with Gasteiger partial charge in [0.25, 0.3) is 5.91 Å². The number of pyridine rings is 3. The minimum atomic E-state index is -0.176. The number of aryl methyl sites for hydroxylation is 1. The van der Waals surface area contributed by atoms with Gasteiger partial charge in [-0.15, -0.1) is 10.2 Å². The van der Waals surface area contributed by atoms with Crippen LogP contribution < -0.4 is 10.1 Å². The molecule has 9 heteroatoms. The van der Waals surface area contributed by atoms with Crippen LogP contribution in [-0.2, 0) is 6.42 Å². The summed E-state index contributed by atoms with van der Waals surface area (Å²) in [5.41, 5.74) is 3.44. The van der Waals surface area contributed by atoms with E-state index >= 15 is 0 Å². The van der Waals surface area contributed by atoms with Gasteiger partial charge in [0.1, 0.15) is 22.8 Å². The van der Waals surface area contributed by atoms with Crippen molar-refractivity contribution in [3.63, 3.8) is 0 Å². The molecule has 4 heterocycles. The number of amides is 1. The second-order valence-corrected chi connectivity index (χ2v) is 8.01. The van der Waals surface area contributed by atoms with Gasteiger partial charge in [0.15, 0.2) is 5.82 Å². The van der Waals surface area contributed by atoms with E-state index in [-0.39, 0.29) is 5.91 Å². The Morgan fingerprint density at radius 3 is 2.64 bits per heavy atom. The van der Waals surface area contributed by atoms with Crippen LogP contribution in [0.4, 0.5) is 0 Å². The number of hydrogen-bond donors (Lipinski definition) is 1. The Kier molecular flexibility index (Phi) is 6.88. The van der Waals surface area contributed by atoms with E-state index in [4.69, 9.17) is 4.74 Å². The first-order chi connectivity index (χ1) is 17.7. The van der Waals surface area contributed by atoms with E-state index in [0.717, 1.165) is 11.5 Å². The van der Waals surface area contributed by atoms with Crippen LogP contribution >= 0.6 is 0 Å². The lowest BCUT2D eigenvalue weighted by atomic mass is 10.2. The molecule has 5 aromatic rings. The Hall–Kier alpha value is -4.66. The number of carbonyl (C=O) groups is 1. The first-order valence-electron chi connectivity index (χ1n) is 11.8. The van der Waals surface area contributed by atoms with E-state index in [1.54, 1.807) is 30.7 Å². The third-order valence-electron chi connectivity index (χ3n) is 5.62. The van der Waals surface area contributed by atoms with Gasteiger partial charge in [-0.1, -0.05) is 18.2 Å². The van der Waals surface area contributed by atoms with Crippen molar-refractivity contribution in [2.24, 2.45) is 0 Å². The standard InChI is InChI=1S/C27H25N7O2/c1-2-36-20-12-13-23(31-18-20)26-33-32-24(34(26)19-8-4-3-5-9-19)11-7-16-30-27(35)21-14-17-28-22-10-6-15-29-25(21)22/h3-6,8-10,12-15,17-18H,2,7,11,16H2,1H3,(H,30,35). The van der Waals surface area contributed by atoms with E-state index in [0.29, 0.717) is 59.9 Å². The zero-order chi connectivity index (χ0) is 24.7. The summed E-state index contributed by atoms with van der Waals surface area (Å²) in [6.45, 7) is 2.99. The summed E-state index contributed by atoms with van der Waals surface area (Å²) in [5, 5.41) is 11.9. The molecule has 0 spiro atoms. The molecule has 180 valence electrons. The Bertz CT molecular complexity index is 1460. The van der Waals surface area contributed by atoms with Crippen LogP contribution in [0, 0.1) is 0 Å². The topological polar surface area (TPSA) is 108 Å². The number of para-hydroxylation sites is 1. The Morgan fingerprint density at radius 1 is 0.944 bits per heavy atom. The highest BCUT2D eigenvalue weighted by Gasteiger charge is 2.17. The average Bonchev–Trinajstić information content (AvgIpc) is 3.35. The molecule has 1 amide bonds. The summed E-state index contributed by atoms with van der Waals surface area (Å²) in [7, 11) is 0. The van der Waals surface area contributed by atoms with Crippen LogP contribution in [-0.4, -0.2) is 48.8 Å². The molecular formula is C27H25N7O2. The van der Waals surface area contributed by atoms with Crippen LogP contribution in [0.3, 0.4) is 0 Å². The number of nitrogens with zero attached hydrogens (tertiary/aromatic N) is 6. The van der Waals surface area contributed by atoms with Crippen molar-refractivity contribution in [3.05, 3.63) is 90.6 Å². The second kappa shape index (κ2) is 10.7. The van der Waals surface area contributed by atoms with Gasteiger partial charge < -0.3 is 10.1 Å². The van der Waals surface area contributed by atoms with E-state index in [1.807, 2.05) is 60.0 Å². The largest absolute Gasteiger partial charge is 0.492 e. The predicted molar refractivity (Wildman–Crippen MR) is 136 cm³/mol. The maximum atomic E-state index is 12.8. The summed E-state index contributed by atoms with van der Waals surface area (Å²) in [6.07, 6.45) is 6.28. The zero-order valence-electron chi connectivity index (χ0n) is 19.8. The van der Waals surface area contributed by atoms with Gasteiger partial charge in [-0.05, 0) is 55.8 Å². The van der Waals surface area contributed by atoms with Crippen molar-refractivity contribution >= 4 is 16.9 Å². The smallest absolute Gasteiger partial charge is 0.253 e. The molecule has 9 nitrogen and oxygen atoms in total.